The lowest BCUT2D eigenvalue weighted by Gasteiger charge is -1.99. The number of aliphatic carboxylic acids is 1. The van der Waals surface area contributed by atoms with Gasteiger partial charge in [0.05, 0.1) is 5.56 Å². The van der Waals surface area contributed by atoms with Crippen molar-refractivity contribution in [3.05, 3.63) is 58.5 Å². The summed E-state index contributed by atoms with van der Waals surface area (Å²) in [7, 11) is 0. The Morgan fingerprint density at radius 3 is 2.46 bits per heavy atom. The van der Waals surface area contributed by atoms with E-state index in [1.54, 1.807) is 31.2 Å². The quantitative estimate of drug-likeness (QED) is 0.445. The molecule has 8 nitrogen and oxygen atoms in total. The van der Waals surface area contributed by atoms with Crippen molar-refractivity contribution in [3.8, 4) is 11.3 Å². The fourth-order valence-corrected chi connectivity index (χ4v) is 2.83. The van der Waals surface area contributed by atoms with Gasteiger partial charge in [-0.15, -0.1) is 5.10 Å². The molecule has 3 N–H and O–H groups in total. The van der Waals surface area contributed by atoms with Crippen LogP contribution in [-0.4, -0.2) is 37.3 Å². The van der Waals surface area contributed by atoms with Gasteiger partial charge in [-0.25, -0.2) is 14.6 Å². The summed E-state index contributed by atoms with van der Waals surface area (Å²) >= 11 is 0.906. The van der Waals surface area contributed by atoms with Crippen molar-refractivity contribution < 1.29 is 24.2 Å². The number of aromatic carboxylic acids is 1. The molecule has 0 fully saturated rings. The number of nitrogens with one attached hydrogen (secondary N) is 1. The fourth-order valence-electron chi connectivity index (χ4n) is 2.09. The molecule has 3 rings (SSSR count). The van der Waals surface area contributed by atoms with Crippen LogP contribution in [0.15, 0.2) is 50.9 Å². The zero-order valence-corrected chi connectivity index (χ0v) is 14.3. The van der Waals surface area contributed by atoms with Crippen LogP contribution in [-0.2, 0) is 4.79 Å². The molecule has 0 aliphatic carbocycles. The molecule has 3 aromatic rings. The minimum atomic E-state index is -1.12. The van der Waals surface area contributed by atoms with Crippen LogP contribution < -0.4 is 0 Å². The Labute approximate surface area is 151 Å². The molecule has 0 saturated carbocycles. The van der Waals surface area contributed by atoms with Gasteiger partial charge in [-0.2, -0.15) is 0 Å². The molecule has 132 valence electrons. The van der Waals surface area contributed by atoms with E-state index < -0.39 is 11.9 Å². The maximum Gasteiger partial charge on any atom is 0.342 e. The molecule has 0 spiro atoms. The van der Waals surface area contributed by atoms with E-state index in [1.807, 2.05) is 0 Å². The monoisotopic (exact) mass is 371 g/mol. The average Bonchev–Trinajstić information content (AvgIpc) is 3.23. The smallest absolute Gasteiger partial charge is 0.342 e. The summed E-state index contributed by atoms with van der Waals surface area (Å²) in [5, 5.41) is 25.1. The predicted octanol–water partition coefficient (Wildman–Crippen LogP) is 3.29. The number of furan rings is 1. The van der Waals surface area contributed by atoms with Crippen LogP contribution in [0.2, 0.25) is 0 Å². The van der Waals surface area contributed by atoms with Gasteiger partial charge in [0, 0.05) is 11.6 Å². The van der Waals surface area contributed by atoms with Crippen molar-refractivity contribution in [2.45, 2.75) is 12.1 Å². The lowest BCUT2D eigenvalue weighted by atomic mass is 10.1. The summed E-state index contributed by atoms with van der Waals surface area (Å²) in [5.74, 6) is -0.704. The number of carboxylic acid groups (broad SMARTS) is 2. The molecule has 0 atom stereocenters. The molecule has 1 aromatic carbocycles. The largest absolute Gasteiger partial charge is 0.478 e. The van der Waals surface area contributed by atoms with Crippen LogP contribution in [0.5, 0.6) is 0 Å². The Hall–Kier alpha value is -3.33. The molecule has 2 aromatic heterocycles. The maximum atomic E-state index is 11.4. The zero-order valence-electron chi connectivity index (χ0n) is 13.5. The lowest BCUT2D eigenvalue weighted by molar-refractivity contribution is -0.131. The Morgan fingerprint density at radius 2 is 1.88 bits per heavy atom. The van der Waals surface area contributed by atoms with Crippen LogP contribution in [0.25, 0.3) is 17.4 Å². The lowest BCUT2D eigenvalue weighted by Crippen LogP contribution is -1.97. The van der Waals surface area contributed by atoms with Crippen molar-refractivity contribution in [3.63, 3.8) is 0 Å². The minimum Gasteiger partial charge on any atom is -0.478 e. The van der Waals surface area contributed by atoms with E-state index in [2.05, 4.69) is 15.2 Å². The van der Waals surface area contributed by atoms with Crippen molar-refractivity contribution in [1.29, 1.82) is 0 Å². The van der Waals surface area contributed by atoms with E-state index in [1.165, 1.54) is 18.2 Å². The molecule has 0 bridgehead atoms. The number of benzene rings is 1. The number of carbonyl (C=O) groups is 2. The number of hydrogen-bond acceptors (Lipinski definition) is 6. The van der Waals surface area contributed by atoms with Crippen molar-refractivity contribution in [1.82, 2.24) is 15.2 Å². The highest BCUT2D eigenvalue weighted by atomic mass is 32.2. The van der Waals surface area contributed by atoms with Crippen LogP contribution in [0.1, 0.15) is 21.9 Å². The fraction of sp³-hybridized carbons (Fsp3) is 0.0588. The van der Waals surface area contributed by atoms with Crippen molar-refractivity contribution >= 4 is 29.8 Å². The highest BCUT2D eigenvalue weighted by Gasteiger charge is 2.14. The van der Waals surface area contributed by atoms with Crippen LogP contribution >= 0.6 is 11.8 Å². The highest BCUT2D eigenvalue weighted by molar-refractivity contribution is 8.04. The number of aromatic nitrogens is 3. The first-order valence-corrected chi connectivity index (χ1v) is 8.19. The van der Waals surface area contributed by atoms with E-state index in [9.17, 15) is 14.7 Å². The van der Waals surface area contributed by atoms with Gasteiger partial charge in [0.15, 0.2) is 0 Å². The highest BCUT2D eigenvalue weighted by Crippen LogP contribution is 2.28. The topological polar surface area (TPSA) is 129 Å². The third-order valence-electron chi connectivity index (χ3n) is 3.31. The maximum absolute atomic E-state index is 11.4. The number of aryl methyl sites for hydroxylation is 1. The summed E-state index contributed by atoms with van der Waals surface area (Å²) in [6.45, 7) is 1.72. The summed E-state index contributed by atoms with van der Waals surface area (Å²) in [6.07, 6.45) is 1.38. The Morgan fingerprint density at radius 1 is 1.15 bits per heavy atom. The summed E-state index contributed by atoms with van der Waals surface area (Å²) < 4.78 is 5.64. The Balaban J connectivity index is 1.83. The second-order valence-electron chi connectivity index (χ2n) is 5.20. The van der Waals surface area contributed by atoms with Gasteiger partial charge < -0.3 is 14.6 Å². The van der Waals surface area contributed by atoms with Crippen molar-refractivity contribution in [2.75, 3.05) is 0 Å². The zero-order chi connectivity index (χ0) is 18.7. The number of rotatable bonds is 6. The van der Waals surface area contributed by atoms with Crippen LogP contribution in [0, 0.1) is 6.92 Å². The van der Waals surface area contributed by atoms with Crippen molar-refractivity contribution in [2.24, 2.45) is 0 Å². The van der Waals surface area contributed by atoms with Gasteiger partial charge in [-0.05, 0) is 43.0 Å². The van der Waals surface area contributed by atoms with Gasteiger partial charge >= 0.3 is 11.9 Å². The SMILES string of the molecule is Cc1nc(S/C(=C\c2ccc(-c3ccc(C(=O)O)cc3)o2)C(=O)O)n[nH]1. The van der Waals surface area contributed by atoms with Crippen LogP contribution in [0.4, 0.5) is 0 Å². The number of H-pyrrole nitrogens is 1. The molecule has 0 unspecified atom stereocenters. The minimum absolute atomic E-state index is 0.00567. The van der Waals surface area contributed by atoms with E-state index in [-0.39, 0.29) is 10.5 Å². The second kappa shape index (κ2) is 7.28. The molecule has 0 amide bonds. The van der Waals surface area contributed by atoms with Gasteiger partial charge in [-0.3, -0.25) is 5.10 Å². The normalized spacial score (nSPS) is 11.5. The summed E-state index contributed by atoms with van der Waals surface area (Å²) in [6, 6.07) is 9.51. The molecular weight excluding hydrogens is 358 g/mol. The van der Waals surface area contributed by atoms with E-state index in [0.29, 0.717) is 28.1 Å². The number of aromatic amines is 1. The Bertz CT molecular complexity index is 988. The number of nitrogens with zero attached hydrogens (tertiary/aromatic N) is 2. The molecule has 9 heteroatoms. The van der Waals surface area contributed by atoms with Gasteiger partial charge in [0.1, 0.15) is 22.3 Å². The number of hydrogen-bond donors (Lipinski definition) is 3. The van der Waals surface area contributed by atoms with Gasteiger partial charge in [-0.1, -0.05) is 12.1 Å². The molecular formula is C17H13N3O5S. The van der Waals surface area contributed by atoms with Gasteiger partial charge in [0.25, 0.3) is 0 Å². The third kappa shape index (κ3) is 4.01. The summed E-state index contributed by atoms with van der Waals surface area (Å²) in [4.78, 5) is 26.4. The predicted molar refractivity (Wildman–Crippen MR) is 93.7 cm³/mol. The third-order valence-corrected chi connectivity index (χ3v) is 4.18. The first kappa shape index (κ1) is 17.5. The van der Waals surface area contributed by atoms with E-state index in [4.69, 9.17) is 9.52 Å². The summed E-state index contributed by atoms with van der Waals surface area (Å²) in [5.41, 5.74) is 0.857. The Kier molecular flexibility index (Phi) is 4.90. The van der Waals surface area contributed by atoms with Crippen LogP contribution in [0.3, 0.4) is 0 Å². The standard InChI is InChI=1S/C17H13N3O5S/c1-9-18-17(20-19-9)26-14(16(23)24)8-12-6-7-13(25-12)10-2-4-11(5-3-10)15(21)22/h2-8H,1H3,(H,21,22)(H,23,24)(H,18,19,20)/b14-8-. The molecule has 2 heterocycles. The van der Waals surface area contributed by atoms with Gasteiger partial charge in [0.2, 0.25) is 5.16 Å². The molecule has 0 aliphatic heterocycles. The molecule has 0 aliphatic rings. The molecule has 0 saturated heterocycles. The first-order valence-electron chi connectivity index (χ1n) is 7.38. The number of thioether (sulfide) groups is 1. The first-order chi connectivity index (χ1) is 12.4. The van der Waals surface area contributed by atoms with E-state index in [0.717, 1.165) is 11.8 Å². The molecule has 26 heavy (non-hydrogen) atoms. The molecule has 0 radical (unpaired) electrons. The van der Waals surface area contributed by atoms with E-state index >= 15 is 0 Å². The number of carboxylic acids is 2. The average molecular weight is 371 g/mol. The second-order valence-corrected chi connectivity index (χ2v) is 6.21.